The number of anilines is 1. The van der Waals surface area contributed by atoms with Gasteiger partial charge in [0, 0.05) is 38.2 Å². The first-order valence-corrected chi connectivity index (χ1v) is 9.13. The van der Waals surface area contributed by atoms with E-state index in [-0.39, 0.29) is 6.42 Å². The molecule has 0 aliphatic carbocycles. The van der Waals surface area contributed by atoms with E-state index in [4.69, 9.17) is 4.74 Å². The largest absolute Gasteiger partial charge is 0.495 e. The number of ketones is 1. The lowest BCUT2D eigenvalue weighted by molar-refractivity contribution is 0.0252. The number of nitrogens with zero attached hydrogens (tertiary/aromatic N) is 2. The van der Waals surface area contributed by atoms with E-state index in [1.807, 2.05) is 24.3 Å². The number of Topliss-reactive ketones (excluding diaryl/α,β-unsaturated/α-hetero) is 1. The van der Waals surface area contributed by atoms with Crippen LogP contribution < -0.4 is 9.64 Å². The van der Waals surface area contributed by atoms with Crippen LogP contribution in [0.3, 0.4) is 0 Å². The monoisotopic (exact) mass is 372 g/mol. The number of carbonyl (C=O) groups excluding carboxylic acids is 1. The molecule has 2 aromatic rings. The quantitative estimate of drug-likeness (QED) is 0.598. The number of aliphatic hydroxyl groups is 1. The van der Waals surface area contributed by atoms with E-state index in [0.717, 1.165) is 11.4 Å². The summed E-state index contributed by atoms with van der Waals surface area (Å²) in [4.78, 5) is 16.0. The van der Waals surface area contributed by atoms with Gasteiger partial charge in [-0.15, -0.1) is 0 Å². The van der Waals surface area contributed by atoms with Gasteiger partial charge < -0.3 is 14.7 Å². The summed E-state index contributed by atoms with van der Waals surface area (Å²) in [5, 5.41) is 10.1. The molecule has 3 rings (SSSR count). The minimum absolute atomic E-state index is 0.220. The van der Waals surface area contributed by atoms with Crippen molar-refractivity contribution < 1.29 is 19.0 Å². The fraction of sp³-hybridized carbons (Fsp3) is 0.381. The molecule has 1 aliphatic heterocycles. The van der Waals surface area contributed by atoms with Crippen LogP contribution in [0.1, 0.15) is 16.8 Å². The number of methoxy groups -OCH3 is 1. The van der Waals surface area contributed by atoms with Gasteiger partial charge in [-0.3, -0.25) is 9.69 Å². The molecule has 0 saturated carbocycles. The van der Waals surface area contributed by atoms with Gasteiger partial charge in [0.1, 0.15) is 11.9 Å². The number of rotatable bonds is 7. The van der Waals surface area contributed by atoms with E-state index in [9.17, 15) is 14.3 Å². The van der Waals surface area contributed by atoms with Gasteiger partial charge in [-0.25, -0.2) is 4.39 Å². The van der Waals surface area contributed by atoms with Crippen molar-refractivity contribution in [3.63, 3.8) is 0 Å². The third-order valence-electron chi connectivity index (χ3n) is 4.92. The second kappa shape index (κ2) is 8.97. The second-order valence-corrected chi connectivity index (χ2v) is 6.61. The lowest BCUT2D eigenvalue weighted by Gasteiger charge is -2.38. The van der Waals surface area contributed by atoms with Gasteiger partial charge in [-0.05, 0) is 12.1 Å². The van der Waals surface area contributed by atoms with Crippen LogP contribution in [0, 0.1) is 0 Å². The highest BCUT2D eigenvalue weighted by molar-refractivity contribution is 5.99. The van der Waals surface area contributed by atoms with Crippen molar-refractivity contribution in [1.82, 2.24) is 4.90 Å². The summed E-state index contributed by atoms with van der Waals surface area (Å²) in [5.74, 6) is 0.359. The maximum atomic E-state index is 14.7. The molecule has 2 atom stereocenters. The molecule has 27 heavy (non-hydrogen) atoms. The van der Waals surface area contributed by atoms with Gasteiger partial charge in [-0.1, -0.05) is 42.5 Å². The van der Waals surface area contributed by atoms with Gasteiger partial charge in [-0.2, -0.15) is 0 Å². The minimum Gasteiger partial charge on any atom is -0.495 e. The first-order valence-electron chi connectivity index (χ1n) is 9.13. The highest BCUT2D eigenvalue weighted by Gasteiger charge is 2.29. The zero-order valence-corrected chi connectivity index (χ0v) is 15.4. The van der Waals surface area contributed by atoms with Crippen molar-refractivity contribution in [3.05, 3.63) is 60.2 Å². The molecule has 1 N–H and O–H groups in total. The Hall–Kier alpha value is -2.44. The van der Waals surface area contributed by atoms with Crippen LogP contribution in [0.4, 0.5) is 10.1 Å². The van der Waals surface area contributed by atoms with Crippen LogP contribution in [-0.4, -0.2) is 61.5 Å². The molecule has 6 heteroatoms. The number of aliphatic hydroxyl groups excluding tert-OH is 1. The molecule has 5 nitrogen and oxygen atoms in total. The SMILES string of the molecule is COc1ccccc1N1CCN(C(F)CC(O)C(=O)c2ccccc2)CC1. The molecular formula is C21H25FN2O3. The van der Waals surface area contributed by atoms with Crippen molar-refractivity contribution in [2.75, 3.05) is 38.2 Å². The van der Waals surface area contributed by atoms with Crippen molar-refractivity contribution in [2.45, 2.75) is 18.8 Å². The highest BCUT2D eigenvalue weighted by atomic mass is 19.1. The van der Waals surface area contributed by atoms with Crippen LogP contribution in [0.25, 0.3) is 0 Å². The average molecular weight is 372 g/mol. The van der Waals surface area contributed by atoms with Gasteiger partial charge in [0.2, 0.25) is 0 Å². The van der Waals surface area contributed by atoms with Crippen molar-refractivity contribution in [1.29, 1.82) is 0 Å². The first-order chi connectivity index (χ1) is 13.1. The van der Waals surface area contributed by atoms with Crippen LogP contribution >= 0.6 is 0 Å². The number of benzene rings is 2. The molecule has 144 valence electrons. The summed E-state index contributed by atoms with van der Waals surface area (Å²) in [6.07, 6.45) is -2.91. The van der Waals surface area contributed by atoms with E-state index in [1.54, 1.807) is 42.3 Å². The lowest BCUT2D eigenvalue weighted by atomic mass is 10.0. The highest BCUT2D eigenvalue weighted by Crippen LogP contribution is 2.29. The second-order valence-electron chi connectivity index (χ2n) is 6.61. The number of hydrogen-bond donors (Lipinski definition) is 1. The smallest absolute Gasteiger partial charge is 0.191 e. The number of alkyl halides is 1. The zero-order chi connectivity index (χ0) is 19.2. The Morgan fingerprint density at radius 2 is 1.70 bits per heavy atom. The topological polar surface area (TPSA) is 53.0 Å². The Bertz CT molecular complexity index is 748. The first kappa shape index (κ1) is 19.3. The maximum absolute atomic E-state index is 14.7. The molecule has 1 aliphatic rings. The maximum Gasteiger partial charge on any atom is 0.191 e. The standard InChI is InChI=1S/C21H25FN2O3/c1-27-19-10-6-5-9-17(19)23-11-13-24(14-12-23)20(22)15-18(25)21(26)16-7-3-2-4-8-16/h2-10,18,20,25H,11-15H2,1H3. The Kier molecular flexibility index (Phi) is 6.42. The van der Waals surface area contributed by atoms with E-state index in [0.29, 0.717) is 31.7 Å². The predicted molar refractivity (Wildman–Crippen MR) is 103 cm³/mol. The fourth-order valence-corrected chi connectivity index (χ4v) is 3.37. The number of ether oxygens (including phenoxy) is 1. The fourth-order valence-electron chi connectivity index (χ4n) is 3.37. The summed E-state index contributed by atoms with van der Waals surface area (Å²) in [6, 6.07) is 16.3. The van der Waals surface area contributed by atoms with Crippen molar-refractivity contribution in [3.8, 4) is 5.75 Å². The summed E-state index contributed by atoms with van der Waals surface area (Å²) in [5.41, 5.74) is 1.40. The van der Waals surface area contributed by atoms with Gasteiger partial charge in [0.05, 0.1) is 12.8 Å². The lowest BCUT2D eigenvalue weighted by Crippen LogP contribution is -2.50. The Morgan fingerprint density at radius 1 is 1.07 bits per heavy atom. The normalized spacial score (nSPS) is 17.4. The molecule has 1 heterocycles. The van der Waals surface area contributed by atoms with E-state index >= 15 is 0 Å². The zero-order valence-electron chi connectivity index (χ0n) is 15.4. The molecule has 0 spiro atoms. The molecule has 2 unspecified atom stereocenters. The van der Waals surface area contributed by atoms with Gasteiger partial charge >= 0.3 is 0 Å². The number of hydrogen-bond acceptors (Lipinski definition) is 5. The van der Waals surface area contributed by atoms with E-state index < -0.39 is 18.2 Å². The third-order valence-corrected chi connectivity index (χ3v) is 4.92. The molecule has 1 fully saturated rings. The molecule has 0 radical (unpaired) electrons. The molecule has 0 amide bonds. The van der Waals surface area contributed by atoms with Crippen LogP contribution in [0.2, 0.25) is 0 Å². The number of halogens is 1. The molecule has 1 saturated heterocycles. The van der Waals surface area contributed by atoms with E-state index in [1.165, 1.54) is 0 Å². The third kappa shape index (κ3) is 4.64. The van der Waals surface area contributed by atoms with Gasteiger partial charge in [0.15, 0.2) is 12.1 Å². The summed E-state index contributed by atoms with van der Waals surface area (Å²) < 4.78 is 20.1. The molecular weight excluding hydrogens is 347 g/mol. The Labute approximate surface area is 159 Å². The Morgan fingerprint density at radius 3 is 2.37 bits per heavy atom. The predicted octanol–water partition coefficient (Wildman–Crippen LogP) is 2.75. The van der Waals surface area contributed by atoms with Crippen LogP contribution in [0.5, 0.6) is 5.75 Å². The average Bonchev–Trinajstić information content (AvgIpc) is 2.73. The number of piperazine rings is 1. The van der Waals surface area contributed by atoms with Gasteiger partial charge in [0.25, 0.3) is 0 Å². The molecule has 2 aromatic carbocycles. The van der Waals surface area contributed by atoms with E-state index in [2.05, 4.69) is 4.90 Å². The summed E-state index contributed by atoms with van der Waals surface area (Å²) in [7, 11) is 1.64. The van der Waals surface area contributed by atoms with Crippen molar-refractivity contribution in [2.24, 2.45) is 0 Å². The minimum atomic E-state index is -1.35. The van der Waals surface area contributed by atoms with Crippen molar-refractivity contribution >= 4 is 11.5 Å². The van der Waals surface area contributed by atoms with Crippen LogP contribution in [0.15, 0.2) is 54.6 Å². The van der Waals surface area contributed by atoms with Crippen LogP contribution in [-0.2, 0) is 0 Å². The summed E-state index contributed by atoms with van der Waals surface area (Å²) >= 11 is 0. The number of carbonyl (C=O) groups is 1. The number of para-hydroxylation sites is 2. The Balaban J connectivity index is 1.54. The molecule has 0 bridgehead atoms. The molecule has 0 aromatic heterocycles. The summed E-state index contributed by atoms with van der Waals surface area (Å²) in [6.45, 7) is 2.35.